The molecule has 5 heteroatoms. The molecule has 2 rings (SSSR count). The third kappa shape index (κ3) is 3.51. The van der Waals surface area contributed by atoms with Crippen molar-refractivity contribution in [3.8, 4) is 0 Å². The minimum absolute atomic E-state index is 0.0658. The topological polar surface area (TPSA) is 62.5 Å². The molecule has 0 saturated heterocycles. The molecule has 0 aliphatic heterocycles. The van der Waals surface area contributed by atoms with Crippen LogP contribution in [0.1, 0.15) is 32.1 Å². The molecule has 118 valence electrons. The van der Waals surface area contributed by atoms with E-state index in [1.165, 1.54) is 6.26 Å². The van der Waals surface area contributed by atoms with Crippen LogP contribution in [0.25, 0.3) is 0 Å². The summed E-state index contributed by atoms with van der Waals surface area (Å²) in [6.07, 6.45) is 1.49. The molecule has 22 heavy (non-hydrogen) atoms. The Labute approximate surface area is 135 Å². The number of nitrogens with one attached hydrogen (secondary N) is 1. The Hall–Kier alpha value is -1.78. The number of halogens is 1. The zero-order chi connectivity index (χ0) is 16.4. The minimum Gasteiger partial charge on any atom is -0.466 e. The highest BCUT2D eigenvalue weighted by atomic mass is 35.5. The van der Waals surface area contributed by atoms with E-state index >= 15 is 0 Å². The zero-order valence-electron chi connectivity index (χ0n) is 12.9. The molecule has 4 nitrogen and oxygen atoms in total. The van der Waals surface area contributed by atoms with Gasteiger partial charge in [-0.05, 0) is 50.6 Å². The number of carbonyl (C=O) groups is 1. The Bertz CT molecular complexity index is 630. The number of amides is 1. The lowest BCUT2D eigenvalue weighted by Gasteiger charge is -2.27. The number of rotatable bonds is 5. The van der Waals surface area contributed by atoms with Crippen molar-refractivity contribution in [3.63, 3.8) is 0 Å². The lowest BCUT2D eigenvalue weighted by molar-refractivity contribution is -0.127. The molecule has 0 bridgehead atoms. The van der Waals surface area contributed by atoms with E-state index in [0.717, 1.165) is 5.56 Å². The van der Waals surface area contributed by atoms with Gasteiger partial charge in [0.25, 0.3) is 0 Å². The van der Waals surface area contributed by atoms with E-state index in [4.69, 9.17) is 16.0 Å². The van der Waals surface area contributed by atoms with E-state index in [1.54, 1.807) is 31.2 Å². The summed E-state index contributed by atoms with van der Waals surface area (Å²) in [5.41, 5.74) is -1.13. The van der Waals surface area contributed by atoms with Crippen molar-refractivity contribution >= 4 is 17.5 Å². The smallest absolute Gasteiger partial charge is 0.230 e. The van der Waals surface area contributed by atoms with Crippen LogP contribution in [0.15, 0.2) is 47.1 Å². The predicted octanol–water partition coefficient (Wildman–Crippen LogP) is 3.23. The fourth-order valence-corrected chi connectivity index (χ4v) is 2.27. The van der Waals surface area contributed by atoms with Gasteiger partial charge in [0.2, 0.25) is 5.91 Å². The largest absolute Gasteiger partial charge is 0.466 e. The van der Waals surface area contributed by atoms with E-state index < -0.39 is 11.0 Å². The molecule has 1 heterocycles. The van der Waals surface area contributed by atoms with Gasteiger partial charge in [0.15, 0.2) is 0 Å². The Morgan fingerprint density at radius 1 is 1.23 bits per heavy atom. The fourth-order valence-electron chi connectivity index (χ4n) is 2.14. The van der Waals surface area contributed by atoms with Crippen molar-refractivity contribution in [2.45, 2.75) is 31.8 Å². The second kappa shape index (κ2) is 6.15. The van der Waals surface area contributed by atoms with Crippen molar-refractivity contribution in [2.24, 2.45) is 0 Å². The SMILES string of the molecule is CC(O)(CNC(=O)C(C)(C)c1ccc(Cl)cc1)c1ccco1. The first kappa shape index (κ1) is 16.6. The van der Waals surface area contributed by atoms with Crippen LogP contribution in [-0.4, -0.2) is 17.6 Å². The fraction of sp³-hybridized carbons (Fsp3) is 0.353. The summed E-state index contributed by atoms with van der Waals surface area (Å²) >= 11 is 5.88. The first-order valence-electron chi connectivity index (χ1n) is 7.04. The van der Waals surface area contributed by atoms with Gasteiger partial charge in [0, 0.05) is 5.02 Å². The highest BCUT2D eigenvalue weighted by Gasteiger charge is 2.33. The molecule has 0 fully saturated rings. The number of benzene rings is 1. The second-order valence-electron chi connectivity index (χ2n) is 6.07. The molecule has 1 amide bonds. The third-order valence-electron chi connectivity index (χ3n) is 3.78. The molecule has 0 saturated carbocycles. The lowest BCUT2D eigenvalue weighted by Crippen LogP contribution is -2.45. The first-order valence-corrected chi connectivity index (χ1v) is 7.42. The quantitative estimate of drug-likeness (QED) is 0.888. The van der Waals surface area contributed by atoms with Gasteiger partial charge in [0.1, 0.15) is 11.4 Å². The van der Waals surface area contributed by atoms with Crippen molar-refractivity contribution in [1.82, 2.24) is 5.32 Å². The van der Waals surface area contributed by atoms with Gasteiger partial charge >= 0.3 is 0 Å². The molecule has 1 atom stereocenters. The summed E-state index contributed by atoms with van der Waals surface area (Å²) in [7, 11) is 0. The molecular formula is C17H20ClNO3. The van der Waals surface area contributed by atoms with Gasteiger partial charge in [0.05, 0.1) is 18.2 Å². The van der Waals surface area contributed by atoms with E-state index in [1.807, 2.05) is 26.0 Å². The molecule has 1 unspecified atom stereocenters. The molecular weight excluding hydrogens is 302 g/mol. The maximum Gasteiger partial charge on any atom is 0.230 e. The normalized spacial score (nSPS) is 14.4. The van der Waals surface area contributed by atoms with Crippen LogP contribution < -0.4 is 5.32 Å². The van der Waals surface area contributed by atoms with Crippen LogP contribution in [0.4, 0.5) is 0 Å². The van der Waals surface area contributed by atoms with Crippen molar-refractivity contribution in [1.29, 1.82) is 0 Å². The summed E-state index contributed by atoms with van der Waals surface area (Å²) < 4.78 is 5.20. The Balaban J connectivity index is 2.06. The number of carbonyl (C=O) groups excluding carboxylic acids is 1. The summed E-state index contributed by atoms with van der Waals surface area (Å²) in [6, 6.07) is 10.5. The second-order valence-corrected chi connectivity index (χ2v) is 6.50. The molecule has 2 N–H and O–H groups in total. The maximum absolute atomic E-state index is 12.5. The van der Waals surface area contributed by atoms with Gasteiger partial charge in [-0.3, -0.25) is 4.79 Å². The molecule has 0 radical (unpaired) electrons. The molecule has 0 aliphatic rings. The number of hydrogen-bond acceptors (Lipinski definition) is 3. The van der Waals surface area contributed by atoms with E-state index in [9.17, 15) is 9.90 Å². The highest BCUT2D eigenvalue weighted by molar-refractivity contribution is 6.30. The first-order chi connectivity index (χ1) is 10.2. The summed E-state index contributed by atoms with van der Waals surface area (Å²) in [4.78, 5) is 12.5. The van der Waals surface area contributed by atoms with Gasteiger partial charge in [-0.15, -0.1) is 0 Å². The van der Waals surface area contributed by atoms with E-state index in [0.29, 0.717) is 10.8 Å². The van der Waals surface area contributed by atoms with Crippen molar-refractivity contribution in [3.05, 3.63) is 59.0 Å². The van der Waals surface area contributed by atoms with Gasteiger partial charge in [-0.2, -0.15) is 0 Å². The zero-order valence-corrected chi connectivity index (χ0v) is 13.6. The number of hydrogen-bond donors (Lipinski definition) is 2. The third-order valence-corrected chi connectivity index (χ3v) is 4.03. The van der Waals surface area contributed by atoms with Crippen LogP contribution in [-0.2, 0) is 15.8 Å². The number of furan rings is 1. The monoisotopic (exact) mass is 321 g/mol. The van der Waals surface area contributed by atoms with Gasteiger partial charge < -0.3 is 14.8 Å². The van der Waals surface area contributed by atoms with Crippen LogP contribution in [0.2, 0.25) is 5.02 Å². The standard InChI is InChI=1S/C17H20ClNO3/c1-16(2,12-6-8-13(18)9-7-12)15(20)19-11-17(3,21)14-5-4-10-22-14/h4-10,21H,11H2,1-3H3,(H,19,20). The lowest BCUT2D eigenvalue weighted by atomic mass is 9.83. The average molecular weight is 322 g/mol. The molecule has 1 aromatic heterocycles. The van der Waals surface area contributed by atoms with Gasteiger partial charge in [-0.1, -0.05) is 23.7 Å². The van der Waals surface area contributed by atoms with Crippen LogP contribution >= 0.6 is 11.6 Å². The number of aliphatic hydroxyl groups is 1. The molecule has 2 aromatic rings. The van der Waals surface area contributed by atoms with E-state index in [2.05, 4.69) is 5.32 Å². The van der Waals surface area contributed by atoms with Crippen LogP contribution in [0.3, 0.4) is 0 Å². The minimum atomic E-state index is -1.25. The van der Waals surface area contributed by atoms with Crippen LogP contribution in [0, 0.1) is 0 Å². The molecule has 1 aromatic carbocycles. The van der Waals surface area contributed by atoms with Crippen LogP contribution in [0.5, 0.6) is 0 Å². The Morgan fingerprint density at radius 2 is 1.86 bits per heavy atom. The summed E-state index contributed by atoms with van der Waals surface area (Å²) in [5, 5.41) is 13.8. The highest BCUT2D eigenvalue weighted by Crippen LogP contribution is 2.26. The summed E-state index contributed by atoms with van der Waals surface area (Å²) in [5.74, 6) is 0.235. The molecule has 0 spiro atoms. The Morgan fingerprint density at radius 3 is 2.41 bits per heavy atom. The maximum atomic E-state index is 12.5. The van der Waals surface area contributed by atoms with E-state index in [-0.39, 0.29) is 12.5 Å². The van der Waals surface area contributed by atoms with Crippen molar-refractivity contribution < 1.29 is 14.3 Å². The molecule has 0 aliphatic carbocycles. The van der Waals surface area contributed by atoms with Gasteiger partial charge in [-0.25, -0.2) is 0 Å². The summed E-state index contributed by atoms with van der Waals surface area (Å²) in [6.45, 7) is 5.32. The average Bonchev–Trinajstić information content (AvgIpc) is 3.00. The predicted molar refractivity (Wildman–Crippen MR) is 85.8 cm³/mol. The van der Waals surface area contributed by atoms with Crippen molar-refractivity contribution in [2.75, 3.05) is 6.54 Å². The Kier molecular flexibility index (Phi) is 4.63.